The summed E-state index contributed by atoms with van der Waals surface area (Å²) in [5.74, 6) is -1.95. The van der Waals surface area contributed by atoms with E-state index in [4.69, 9.17) is 11.6 Å². The fourth-order valence-electron chi connectivity index (χ4n) is 5.78. The van der Waals surface area contributed by atoms with Crippen LogP contribution in [-0.2, 0) is 0 Å². The maximum absolute atomic E-state index is 13.9. The number of anilines is 1. The van der Waals surface area contributed by atoms with E-state index in [1.807, 2.05) is 0 Å². The molecule has 0 radical (unpaired) electrons. The minimum absolute atomic E-state index is 0.0586. The fraction of sp³-hybridized carbons (Fsp3) is 0.381. The first kappa shape index (κ1) is 17.0. The van der Waals surface area contributed by atoms with E-state index in [1.54, 1.807) is 12.1 Å². The summed E-state index contributed by atoms with van der Waals surface area (Å²) in [6.07, 6.45) is 3.17. The summed E-state index contributed by atoms with van der Waals surface area (Å²) in [5.41, 5.74) is 2.23. The van der Waals surface area contributed by atoms with E-state index in [0.717, 1.165) is 30.9 Å². The topological polar surface area (TPSA) is 52.2 Å². The summed E-state index contributed by atoms with van der Waals surface area (Å²) in [6, 6.07) is 6.96. The van der Waals surface area contributed by atoms with Crippen molar-refractivity contribution in [3.05, 3.63) is 63.7 Å². The number of aromatic carboxylic acids is 1. The molecule has 2 fully saturated rings. The molecule has 0 saturated heterocycles. The van der Waals surface area contributed by atoms with Crippen molar-refractivity contribution in [3.8, 4) is 0 Å². The van der Waals surface area contributed by atoms with E-state index in [0.29, 0.717) is 28.1 Å². The summed E-state index contributed by atoms with van der Waals surface area (Å²) >= 11 is 6.15. The Labute approximate surface area is 160 Å². The van der Waals surface area contributed by atoms with Crippen LogP contribution in [0.25, 0.3) is 0 Å². The van der Waals surface area contributed by atoms with Crippen LogP contribution in [0.3, 0.4) is 0 Å². The molecule has 3 nitrogen and oxygen atoms in total. The Bertz CT molecular complexity index is 963. The molecule has 5 atom stereocenters. The van der Waals surface area contributed by atoms with Gasteiger partial charge in [-0.15, -0.1) is 0 Å². The molecule has 2 saturated carbocycles. The SMILES string of the molecule is O=C([O-])c1cc(Cl)cc2c1[C@H]1[C@H]3CC[C@@H](C3)[C@H]1[C@H](c1ccc(F)c(F)c1)N2. The smallest absolute Gasteiger partial charge is 0.159 e. The maximum atomic E-state index is 13.9. The summed E-state index contributed by atoms with van der Waals surface area (Å²) in [5, 5.41) is 15.5. The maximum Gasteiger partial charge on any atom is 0.159 e. The Morgan fingerprint density at radius 3 is 2.63 bits per heavy atom. The number of rotatable bonds is 2. The Morgan fingerprint density at radius 1 is 1.11 bits per heavy atom. The van der Waals surface area contributed by atoms with Gasteiger partial charge in [0.2, 0.25) is 0 Å². The molecule has 0 aromatic heterocycles. The lowest BCUT2D eigenvalue weighted by molar-refractivity contribution is -0.255. The van der Waals surface area contributed by atoms with Gasteiger partial charge in [-0.2, -0.15) is 0 Å². The highest BCUT2D eigenvalue weighted by molar-refractivity contribution is 6.31. The number of carboxylic acids is 1. The van der Waals surface area contributed by atoms with Crippen molar-refractivity contribution in [1.29, 1.82) is 0 Å². The summed E-state index contributed by atoms with van der Waals surface area (Å²) in [6.45, 7) is 0. The molecule has 2 bridgehead atoms. The van der Waals surface area contributed by atoms with Gasteiger partial charge in [0.25, 0.3) is 0 Å². The third-order valence-corrected chi connectivity index (χ3v) is 6.90. The zero-order valence-corrected chi connectivity index (χ0v) is 15.1. The van der Waals surface area contributed by atoms with E-state index in [2.05, 4.69) is 5.32 Å². The lowest BCUT2D eigenvalue weighted by atomic mass is 9.67. The molecule has 0 amide bonds. The van der Waals surface area contributed by atoms with Crippen LogP contribution < -0.4 is 10.4 Å². The molecule has 1 aliphatic heterocycles. The Kier molecular flexibility index (Phi) is 3.73. The lowest BCUT2D eigenvalue weighted by Gasteiger charge is -2.44. The van der Waals surface area contributed by atoms with Crippen LogP contribution in [0.4, 0.5) is 14.5 Å². The van der Waals surface area contributed by atoms with Crippen molar-refractivity contribution < 1.29 is 18.7 Å². The second kappa shape index (κ2) is 5.93. The standard InChI is InChI=1S/C21H18ClF2NO2/c22-12-7-13(21(26)27)19-16(8-12)25-20(11-3-4-14(23)15(24)6-11)18-10-2-1-9(5-10)17(18)19/h3-4,6-10,17-18,20,25H,1-2,5H2,(H,26,27)/p-1/t9-,10-,17-,18+,20-/m0/s1. The molecule has 0 spiro atoms. The van der Waals surface area contributed by atoms with E-state index in [1.165, 1.54) is 12.1 Å². The number of benzene rings is 2. The molecule has 6 heteroatoms. The Hall–Kier alpha value is -2.14. The van der Waals surface area contributed by atoms with Gasteiger partial charge in [-0.05, 0) is 78.3 Å². The number of nitrogens with one attached hydrogen (secondary N) is 1. The van der Waals surface area contributed by atoms with Crippen molar-refractivity contribution in [2.75, 3.05) is 5.32 Å². The van der Waals surface area contributed by atoms with Crippen LogP contribution >= 0.6 is 11.6 Å². The van der Waals surface area contributed by atoms with Crippen LogP contribution in [-0.4, -0.2) is 5.97 Å². The molecule has 27 heavy (non-hydrogen) atoms. The predicted octanol–water partition coefficient (Wildman–Crippen LogP) is 4.28. The Morgan fingerprint density at radius 2 is 1.89 bits per heavy atom. The van der Waals surface area contributed by atoms with Crippen LogP contribution in [0.2, 0.25) is 5.02 Å². The number of halogens is 3. The second-order valence-electron chi connectivity index (χ2n) is 7.93. The molecule has 5 rings (SSSR count). The lowest BCUT2D eigenvalue weighted by Crippen LogP contribution is -2.37. The zero-order valence-electron chi connectivity index (χ0n) is 14.3. The van der Waals surface area contributed by atoms with Crippen molar-refractivity contribution in [2.24, 2.45) is 17.8 Å². The first-order valence-corrected chi connectivity index (χ1v) is 9.58. The van der Waals surface area contributed by atoms with Gasteiger partial charge in [0.05, 0.1) is 12.0 Å². The summed E-state index contributed by atoms with van der Waals surface area (Å²) < 4.78 is 27.3. The van der Waals surface area contributed by atoms with Crippen LogP contribution in [0.5, 0.6) is 0 Å². The van der Waals surface area contributed by atoms with Gasteiger partial charge < -0.3 is 15.2 Å². The third kappa shape index (κ3) is 2.48. The number of hydrogen-bond acceptors (Lipinski definition) is 3. The predicted molar refractivity (Wildman–Crippen MR) is 95.6 cm³/mol. The minimum atomic E-state index is -1.23. The number of hydrogen-bond donors (Lipinski definition) is 1. The monoisotopic (exact) mass is 388 g/mol. The summed E-state index contributed by atoms with van der Waals surface area (Å²) in [7, 11) is 0. The number of carboxylic acid groups (broad SMARTS) is 1. The highest BCUT2D eigenvalue weighted by Crippen LogP contribution is 2.64. The number of carbonyl (C=O) groups is 1. The average Bonchev–Trinajstić information content (AvgIpc) is 3.24. The highest BCUT2D eigenvalue weighted by Gasteiger charge is 2.54. The molecule has 3 aliphatic rings. The molecule has 1 N–H and O–H groups in total. The van der Waals surface area contributed by atoms with Gasteiger partial charge in [-0.25, -0.2) is 8.78 Å². The molecular weight excluding hydrogens is 372 g/mol. The molecule has 1 heterocycles. The van der Waals surface area contributed by atoms with E-state index < -0.39 is 17.6 Å². The molecule has 2 aromatic rings. The van der Waals surface area contributed by atoms with E-state index in [-0.39, 0.29) is 23.4 Å². The first-order valence-electron chi connectivity index (χ1n) is 9.20. The van der Waals surface area contributed by atoms with E-state index in [9.17, 15) is 18.7 Å². The molecule has 2 aliphatic carbocycles. The quantitative estimate of drug-likeness (QED) is 0.835. The molecule has 2 aromatic carbocycles. The van der Waals surface area contributed by atoms with Crippen molar-refractivity contribution in [1.82, 2.24) is 0 Å². The normalized spacial score (nSPS) is 30.6. The summed E-state index contributed by atoms with van der Waals surface area (Å²) in [4.78, 5) is 11.8. The Balaban J connectivity index is 1.69. The molecule has 0 unspecified atom stereocenters. The first-order chi connectivity index (χ1) is 12.9. The highest BCUT2D eigenvalue weighted by atomic mass is 35.5. The van der Waals surface area contributed by atoms with Crippen LogP contribution in [0.1, 0.15) is 52.7 Å². The number of carbonyl (C=O) groups excluding carboxylic acids is 1. The largest absolute Gasteiger partial charge is 0.545 e. The van der Waals surface area contributed by atoms with Crippen LogP contribution in [0.15, 0.2) is 30.3 Å². The number of fused-ring (bicyclic) bond motifs is 7. The second-order valence-corrected chi connectivity index (χ2v) is 8.37. The minimum Gasteiger partial charge on any atom is -0.545 e. The molecular formula is C21H17ClF2NO2-. The zero-order chi connectivity index (χ0) is 18.9. The van der Waals surface area contributed by atoms with Gasteiger partial charge in [-0.1, -0.05) is 17.7 Å². The van der Waals surface area contributed by atoms with Gasteiger partial charge in [0.1, 0.15) is 0 Å². The van der Waals surface area contributed by atoms with Crippen molar-refractivity contribution in [2.45, 2.75) is 31.2 Å². The fourth-order valence-corrected chi connectivity index (χ4v) is 6.00. The van der Waals surface area contributed by atoms with E-state index >= 15 is 0 Å². The van der Waals surface area contributed by atoms with Gasteiger partial charge in [0, 0.05) is 16.3 Å². The van der Waals surface area contributed by atoms with Crippen molar-refractivity contribution >= 4 is 23.3 Å². The third-order valence-electron chi connectivity index (χ3n) is 6.68. The van der Waals surface area contributed by atoms with Crippen LogP contribution in [0, 0.1) is 29.4 Å². The van der Waals surface area contributed by atoms with Crippen molar-refractivity contribution in [3.63, 3.8) is 0 Å². The van der Waals surface area contributed by atoms with Gasteiger partial charge >= 0.3 is 0 Å². The van der Waals surface area contributed by atoms with Gasteiger partial charge in [-0.3, -0.25) is 0 Å². The average molecular weight is 389 g/mol. The van der Waals surface area contributed by atoms with Gasteiger partial charge in [0.15, 0.2) is 11.6 Å². The molecule has 140 valence electrons.